The summed E-state index contributed by atoms with van der Waals surface area (Å²) in [5.74, 6) is -0.251. The molecule has 0 aliphatic heterocycles. The highest BCUT2D eigenvalue weighted by atomic mass is 16.1. The van der Waals surface area contributed by atoms with Gasteiger partial charge < -0.3 is 5.32 Å². The zero-order valence-corrected chi connectivity index (χ0v) is 5.87. The van der Waals surface area contributed by atoms with Gasteiger partial charge in [0.05, 0.1) is 6.20 Å². The van der Waals surface area contributed by atoms with Crippen LogP contribution in [-0.2, 0) is 0 Å². The average molecular weight is 152 g/mol. The van der Waals surface area contributed by atoms with Crippen molar-refractivity contribution < 1.29 is 4.79 Å². The van der Waals surface area contributed by atoms with Gasteiger partial charge in [-0.15, -0.1) is 6.58 Å². The number of amides is 1. The molecule has 58 valence electrons. The van der Waals surface area contributed by atoms with Crippen LogP contribution >= 0.6 is 0 Å². The number of aromatic nitrogens is 3. The van der Waals surface area contributed by atoms with Gasteiger partial charge in [-0.3, -0.25) is 4.79 Å². The van der Waals surface area contributed by atoms with Crippen LogP contribution in [-0.4, -0.2) is 27.9 Å². The lowest BCUT2D eigenvalue weighted by Gasteiger charge is -1.95. The van der Waals surface area contributed by atoms with Crippen LogP contribution in [0.25, 0.3) is 0 Å². The van der Waals surface area contributed by atoms with Crippen LogP contribution in [0.15, 0.2) is 18.9 Å². The first-order valence-corrected chi connectivity index (χ1v) is 3.09. The Kier molecular flexibility index (Phi) is 2.37. The van der Waals surface area contributed by atoms with Crippen LogP contribution in [0, 0.1) is 0 Å². The topological polar surface area (TPSA) is 70.7 Å². The Morgan fingerprint density at radius 1 is 1.91 bits per heavy atom. The molecule has 1 aromatic heterocycles. The van der Waals surface area contributed by atoms with Gasteiger partial charge in [-0.25, -0.2) is 0 Å². The first kappa shape index (κ1) is 7.46. The zero-order valence-electron chi connectivity index (χ0n) is 5.87. The largest absolute Gasteiger partial charge is 0.347 e. The molecule has 0 bridgehead atoms. The molecule has 0 unspecified atom stereocenters. The molecule has 0 radical (unpaired) electrons. The number of H-pyrrole nitrogens is 1. The molecule has 0 saturated carbocycles. The maximum atomic E-state index is 11.0. The van der Waals surface area contributed by atoms with E-state index in [2.05, 4.69) is 27.3 Å². The van der Waals surface area contributed by atoms with Crippen LogP contribution in [0.1, 0.15) is 10.5 Å². The fraction of sp³-hybridized carbons (Fsp3) is 0.167. The van der Waals surface area contributed by atoms with Crippen molar-refractivity contribution in [2.75, 3.05) is 6.54 Å². The van der Waals surface area contributed by atoms with E-state index in [-0.39, 0.29) is 11.6 Å². The summed E-state index contributed by atoms with van der Waals surface area (Å²) >= 11 is 0. The third kappa shape index (κ3) is 1.89. The van der Waals surface area contributed by atoms with Gasteiger partial charge in [-0.2, -0.15) is 15.4 Å². The van der Waals surface area contributed by atoms with Crippen molar-refractivity contribution in [2.45, 2.75) is 0 Å². The molecule has 0 aromatic carbocycles. The minimum atomic E-state index is -0.251. The molecule has 11 heavy (non-hydrogen) atoms. The van der Waals surface area contributed by atoms with Gasteiger partial charge in [0.25, 0.3) is 5.91 Å². The molecule has 1 amide bonds. The van der Waals surface area contributed by atoms with Gasteiger partial charge in [0.1, 0.15) is 0 Å². The molecule has 0 atom stereocenters. The van der Waals surface area contributed by atoms with Gasteiger partial charge in [-0.1, -0.05) is 6.08 Å². The fourth-order valence-electron chi connectivity index (χ4n) is 0.566. The van der Waals surface area contributed by atoms with E-state index in [1.165, 1.54) is 6.20 Å². The van der Waals surface area contributed by atoms with E-state index >= 15 is 0 Å². The summed E-state index contributed by atoms with van der Waals surface area (Å²) in [6, 6.07) is 0. The molecule has 0 saturated heterocycles. The van der Waals surface area contributed by atoms with Crippen molar-refractivity contribution in [3.63, 3.8) is 0 Å². The quantitative estimate of drug-likeness (QED) is 0.585. The second kappa shape index (κ2) is 3.50. The lowest BCUT2D eigenvalue weighted by molar-refractivity contribution is 0.0953. The van der Waals surface area contributed by atoms with Crippen LogP contribution < -0.4 is 5.32 Å². The van der Waals surface area contributed by atoms with Crippen molar-refractivity contribution in [2.24, 2.45) is 0 Å². The summed E-state index contributed by atoms with van der Waals surface area (Å²) in [6.45, 7) is 3.89. The second-order valence-corrected chi connectivity index (χ2v) is 1.85. The zero-order chi connectivity index (χ0) is 8.10. The van der Waals surface area contributed by atoms with Crippen molar-refractivity contribution in [3.8, 4) is 0 Å². The van der Waals surface area contributed by atoms with Crippen LogP contribution in [0.2, 0.25) is 0 Å². The summed E-state index contributed by atoms with van der Waals surface area (Å²) in [7, 11) is 0. The Labute approximate surface area is 63.5 Å². The van der Waals surface area contributed by atoms with Crippen molar-refractivity contribution >= 4 is 5.91 Å². The first-order chi connectivity index (χ1) is 5.34. The number of aromatic amines is 1. The van der Waals surface area contributed by atoms with Crippen LogP contribution in [0.3, 0.4) is 0 Å². The molecule has 0 spiro atoms. The molecule has 1 rings (SSSR count). The minimum Gasteiger partial charge on any atom is -0.347 e. The molecule has 1 heterocycles. The predicted molar refractivity (Wildman–Crippen MR) is 38.9 cm³/mol. The van der Waals surface area contributed by atoms with Crippen LogP contribution in [0.4, 0.5) is 0 Å². The monoisotopic (exact) mass is 152 g/mol. The number of carbonyl (C=O) groups is 1. The van der Waals surface area contributed by atoms with Gasteiger partial charge in [0.15, 0.2) is 5.69 Å². The van der Waals surface area contributed by atoms with Gasteiger partial charge in [-0.05, 0) is 0 Å². The number of nitrogens with one attached hydrogen (secondary N) is 2. The van der Waals surface area contributed by atoms with Gasteiger partial charge >= 0.3 is 0 Å². The smallest absolute Gasteiger partial charge is 0.273 e. The standard InChI is InChI=1S/C6H8N4O/c1-2-3-7-6(11)5-4-8-10-9-5/h2,4H,1,3H2,(H,7,11)(H,8,9,10). The number of rotatable bonds is 3. The van der Waals surface area contributed by atoms with Gasteiger partial charge in [0, 0.05) is 6.54 Å². The predicted octanol–water partition coefficient (Wildman–Crippen LogP) is -0.280. The highest BCUT2D eigenvalue weighted by Gasteiger charge is 2.05. The summed E-state index contributed by atoms with van der Waals surface area (Å²) < 4.78 is 0. The van der Waals surface area contributed by atoms with E-state index in [9.17, 15) is 4.79 Å². The van der Waals surface area contributed by atoms with E-state index in [0.717, 1.165) is 0 Å². The molecule has 5 heteroatoms. The SMILES string of the molecule is C=CCNC(=O)c1cn[nH]n1. The molecule has 0 aliphatic carbocycles. The molecular formula is C6H8N4O. The Hall–Kier alpha value is -1.65. The van der Waals surface area contributed by atoms with E-state index in [1.807, 2.05) is 0 Å². The van der Waals surface area contributed by atoms with Crippen molar-refractivity contribution in [3.05, 3.63) is 24.5 Å². The number of carbonyl (C=O) groups excluding carboxylic acids is 1. The third-order valence-corrected chi connectivity index (χ3v) is 1.05. The Morgan fingerprint density at radius 3 is 3.27 bits per heavy atom. The summed E-state index contributed by atoms with van der Waals surface area (Å²) in [4.78, 5) is 11.0. The van der Waals surface area contributed by atoms with E-state index in [1.54, 1.807) is 6.08 Å². The third-order valence-electron chi connectivity index (χ3n) is 1.05. The Balaban J connectivity index is 2.49. The maximum absolute atomic E-state index is 11.0. The Bertz CT molecular complexity index is 241. The summed E-state index contributed by atoms with van der Waals surface area (Å²) in [5.41, 5.74) is 0.284. The summed E-state index contributed by atoms with van der Waals surface area (Å²) in [5, 5.41) is 12.0. The number of hydrogen-bond donors (Lipinski definition) is 2. The second-order valence-electron chi connectivity index (χ2n) is 1.85. The highest BCUT2D eigenvalue weighted by molar-refractivity contribution is 5.91. The average Bonchev–Trinajstić information content (AvgIpc) is 2.52. The molecule has 1 aromatic rings. The normalized spacial score (nSPS) is 9.09. The molecule has 0 aliphatic rings. The van der Waals surface area contributed by atoms with E-state index in [0.29, 0.717) is 6.54 Å². The number of nitrogens with zero attached hydrogens (tertiary/aromatic N) is 2. The highest BCUT2D eigenvalue weighted by Crippen LogP contribution is 1.86. The lowest BCUT2D eigenvalue weighted by Crippen LogP contribution is -2.23. The Morgan fingerprint density at radius 2 is 2.73 bits per heavy atom. The number of hydrogen-bond acceptors (Lipinski definition) is 3. The molecule has 2 N–H and O–H groups in total. The minimum absolute atomic E-state index is 0.251. The van der Waals surface area contributed by atoms with E-state index in [4.69, 9.17) is 0 Å². The maximum Gasteiger partial charge on any atom is 0.273 e. The van der Waals surface area contributed by atoms with Gasteiger partial charge in [0.2, 0.25) is 0 Å². The first-order valence-electron chi connectivity index (χ1n) is 3.09. The lowest BCUT2D eigenvalue weighted by atomic mass is 10.4. The van der Waals surface area contributed by atoms with Crippen molar-refractivity contribution in [1.29, 1.82) is 0 Å². The fourth-order valence-corrected chi connectivity index (χ4v) is 0.566. The molecular weight excluding hydrogens is 144 g/mol. The molecule has 5 nitrogen and oxygen atoms in total. The van der Waals surface area contributed by atoms with Crippen molar-refractivity contribution in [1.82, 2.24) is 20.7 Å². The molecule has 0 fully saturated rings. The summed E-state index contributed by atoms with van der Waals surface area (Å²) in [6.07, 6.45) is 2.95. The van der Waals surface area contributed by atoms with Crippen LogP contribution in [0.5, 0.6) is 0 Å². The van der Waals surface area contributed by atoms with E-state index < -0.39 is 0 Å².